The van der Waals surface area contributed by atoms with Crippen molar-refractivity contribution in [2.75, 3.05) is 12.4 Å². The van der Waals surface area contributed by atoms with Gasteiger partial charge in [0.25, 0.3) is 0 Å². The summed E-state index contributed by atoms with van der Waals surface area (Å²) >= 11 is 1.39. The highest BCUT2D eigenvalue weighted by atomic mass is 32.2. The van der Waals surface area contributed by atoms with E-state index in [-0.39, 0.29) is 18.6 Å². The first-order valence-corrected chi connectivity index (χ1v) is 9.59. The second kappa shape index (κ2) is 7.53. The number of carbonyl (C=O) groups is 2. The van der Waals surface area contributed by atoms with E-state index in [1.807, 2.05) is 38.1 Å². The molecular formula is C19H22N2O4S. The van der Waals surface area contributed by atoms with Crippen LogP contribution in [0.2, 0.25) is 0 Å². The lowest BCUT2D eigenvalue weighted by molar-refractivity contribution is -0.139. The molecule has 0 spiro atoms. The first-order chi connectivity index (χ1) is 12.4. The Morgan fingerprint density at radius 2 is 2.04 bits per heavy atom. The Morgan fingerprint density at radius 3 is 2.65 bits per heavy atom. The summed E-state index contributed by atoms with van der Waals surface area (Å²) in [6.07, 6.45) is 0.0723. The van der Waals surface area contributed by atoms with E-state index in [1.54, 1.807) is 18.7 Å². The molecular weight excluding hydrogens is 352 g/mol. The molecule has 0 unspecified atom stereocenters. The van der Waals surface area contributed by atoms with E-state index in [9.17, 15) is 9.59 Å². The van der Waals surface area contributed by atoms with Gasteiger partial charge in [0.05, 0.1) is 35.8 Å². The van der Waals surface area contributed by atoms with Gasteiger partial charge in [-0.2, -0.15) is 0 Å². The Hall–Kier alpha value is -2.28. The zero-order chi connectivity index (χ0) is 18.8. The van der Waals surface area contributed by atoms with Gasteiger partial charge in [-0.1, -0.05) is 23.9 Å². The van der Waals surface area contributed by atoms with Crippen LogP contribution >= 0.6 is 11.8 Å². The van der Waals surface area contributed by atoms with Gasteiger partial charge in [0.2, 0.25) is 5.91 Å². The van der Waals surface area contributed by atoms with Crippen molar-refractivity contribution in [3.8, 4) is 5.75 Å². The molecule has 1 saturated heterocycles. The van der Waals surface area contributed by atoms with Crippen molar-refractivity contribution in [2.24, 2.45) is 4.99 Å². The second-order valence-electron chi connectivity index (χ2n) is 6.30. The molecule has 0 N–H and O–H groups in total. The van der Waals surface area contributed by atoms with Crippen molar-refractivity contribution in [2.45, 2.75) is 39.8 Å². The molecule has 26 heavy (non-hydrogen) atoms. The van der Waals surface area contributed by atoms with Crippen molar-refractivity contribution < 1.29 is 19.1 Å². The molecule has 1 atom stereocenters. The number of carbonyl (C=O) groups excluding carboxylic acids is 2. The minimum atomic E-state index is -0.530. The molecule has 0 bridgehead atoms. The largest absolute Gasteiger partial charge is 0.491 e. The SMILES string of the molecule is CCOC(=O)C1=C(C)N=C2SCC(=O)N2[C@H]1c1ccc(OC(C)C)cc1. The van der Waals surface area contributed by atoms with Gasteiger partial charge in [0, 0.05) is 0 Å². The number of hydrogen-bond acceptors (Lipinski definition) is 6. The molecule has 0 saturated carbocycles. The highest BCUT2D eigenvalue weighted by Crippen LogP contribution is 2.41. The summed E-state index contributed by atoms with van der Waals surface area (Å²) in [5, 5.41) is 0.632. The molecule has 1 aromatic carbocycles. The number of thioether (sulfide) groups is 1. The van der Waals surface area contributed by atoms with Crippen LogP contribution in [-0.4, -0.2) is 40.4 Å². The van der Waals surface area contributed by atoms with Gasteiger partial charge in [-0.3, -0.25) is 9.69 Å². The van der Waals surface area contributed by atoms with E-state index in [4.69, 9.17) is 9.47 Å². The highest BCUT2D eigenvalue weighted by Gasteiger charge is 2.43. The van der Waals surface area contributed by atoms with Crippen LogP contribution in [0.15, 0.2) is 40.5 Å². The minimum absolute atomic E-state index is 0.0597. The summed E-state index contributed by atoms with van der Waals surface area (Å²) in [6.45, 7) is 7.73. The normalized spacial score (nSPS) is 19.6. The number of benzene rings is 1. The Kier molecular flexibility index (Phi) is 5.36. The van der Waals surface area contributed by atoms with Crippen LogP contribution in [-0.2, 0) is 14.3 Å². The van der Waals surface area contributed by atoms with Crippen molar-refractivity contribution in [3.05, 3.63) is 41.1 Å². The van der Waals surface area contributed by atoms with E-state index in [1.165, 1.54) is 11.8 Å². The van der Waals surface area contributed by atoms with E-state index in [0.717, 1.165) is 11.3 Å². The van der Waals surface area contributed by atoms with Crippen LogP contribution in [0.1, 0.15) is 39.3 Å². The maximum atomic E-state index is 12.6. The quantitative estimate of drug-likeness (QED) is 0.740. The average Bonchev–Trinajstić information content (AvgIpc) is 2.94. The number of amides is 1. The molecule has 0 aliphatic carbocycles. The van der Waals surface area contributed by atoms with Gasteiger partial charge in [0.1, 0.15) is 5.75 Å². The number of hydrogen-bond donors (Lipinski definition) is 0. The fourth-order valence-electron chi connectivity index (χ4n) is 3.03. The van der Waals surface area contributed by atoms with Gasteiger partial charge >= 0.3 is 5.97 Å². The molecule has 7 heteroatoms. The fourth-order valence-corrected chi connectivity index (χ4v) is 3.97. The van der Waals surface area contributed by atoms with Crippen LogP contribution < -0.4 is 4.74 Å². The van der Waals surface area contributed by atoms with Gasteiger partial charge in [-0.05, 0) is 45.4 Å². The molecule has 1 aromatic rings. The monoisotopic (exact) mass is 374 g/mol. The number of aliphatic imine (C=N–C) groups is 1. The molecule has 3 rings (SSSR count). The molecule has 2 heterocycles. The molecule has 1 fully saturated rings. The Morgan fingerprint density at radius 1 is 1.35 bits per heavy atom. The predicted molar refractivity (Wildman–Crippen MR) is 101 cm³/mol. The summed E-state index contributed by atoms with van der Waals surface area (Å²) in [5.41, 5.74) is 1.82. The highest BCUT2D eigenvalue weighted by molar-refractivity contribution is 8.15. The third kappa shape index (κ3) is 3.49. The second-order valence-corrected chi connectivity index (χ2v) is 7.25. The van der Waals surface area contributed by atoms with Gasteiger partial charge in [-0.15, -0.1) is 0 Å². The number of nitrogens with zero attached hydrogens (tertiary/aromatic N) is 2. The van der Waals surface area contributed by atoms with E-state index >= 15 is 0 Å². The average molecular weight is 374 g/mol. The van der Waals surface area contributed by atoms with E-state index < -0.39 is 12.0 Å². The summed E-state index contributed by atoms with van der Waals surface area (Å²) in [4.78, 5) is 31.1. The minimum Gasteiger partial charge on any atom is -0.491 e. The number of ether oxygens (including phenoxy) is 2. The number of allylic oxidation sites excluding steroid dienone is 1. The third-order valence-electron chi connectivity index (χ3n) is 4.05. The van der Waals surface area contributed by atoms with Crippen LogP contribution in [0.4, 0.5) is 0 Å². The molecule has 0 radical (unpaired) electrons. The molecule has 0 aromatic heterocycles. The maximum absolute atomic E-state index is 12.6. The molecule has 2 aliphatic rings. The lowest BCUT2D eigenvalue weighted by atomic mass is 9.94. The molecule has 1 amide bonds. The molecule has 138 valence electrons. The Labute approximate surface area is 157 Å². The van der Waals surface area contributed by atoms with Gasteiger partial charge < -0.3 is 9.47 Å². The Bertz CT molecular complexity index is 783. The van der Waals surface area contributed by atoms with Crippen LogP contribution in [0.5, 0.6) is 5.75 Å². The first-order valence-electron chi connectivity index (χ1n) is 8.60. The summed E-state index contributed by atoms with van der Waals surface area (Å²) in [6, 6.07) is 6.94. The number of amidine groups is 1. The number of fused-ring (bicyclic) bond motifs is 1. The number of esters is 1. The van der Waals surface area contributed by atoms with E-state index in [0.29, 0.717) is 22.2 Å². The summed E-state index contributed by atoms with van der Waals surface area (Å²) in [7, 11) is 0. The smallest absolute Gasteiger partial charge is 0.338 e. The fraction of sp³-hybridized carbons (Fsp3) is 0.421. The molecule has 6 nitrogen and oxygen atoms in total. The zero-order valence-corrected chi connectivity index (χ0v) is 16.1. The van der Waals surface area contributed by atoms with Crippen molar-refractivity contribution in [1.29, 1.82) is 0 Å². The lowest BCUT2D eigenvalue weighted by Crippen LogP contribution is -2.39. The van der Waals surface area contributed by atoms with E-state index in [2.05, 4.69) is 4.99 Å². The maximum Gasteiger partial charge on any atom is 0.338 e. The van der Waals surface area contributed by atoms with Crippen molar-refractivity contribution >= 4 is 28.8 Å². The van der Waals surface area contributed by atoms with Crippen molar-refractivity contribution in [3.63, 3.8) is 0 Å². The third-order valence-corrected chi connectivity index (χ3v) is 4.98. The first kappa shape index (κ1) is 18.5. The van der Waals surface area contributed by atoms with Gasteiger partial charge in [0.15, 0.2) is 5.17 Å². The van der Waals surface area contributed by atoms with Crippen LogP contribution in [0, 0.1) is 0 Å². The zero-order valence-electron chi connectivity index (χ0n) is 15.3. The Balaban J connectivity index is 2.03. The number of rotatable bonds is 5. The van der Waals surface area contributed by atoms with Crippen LogP contribution in [0.3, 0.4) is 0 Å². The predicted octanol–water partition coefficient (Wildman–Crippen LogP) is 3.30. The molecule has 2 aliphatic heterocycles. The summed E-state index contributed by atoms with van der Waals surface area (Å²) in [5.74, 6) is 0.572. The van der Waals surface area contributed by atoms with Crippen LogP contribution in [0.25, 0.3) is 0 Å². The summed E-state index contributed by atoms with van der Waals surface area (Å²) < 4.78 is 10.9. The standard InChI is InChI=1S/C19H22N2O4S/c1-5-24-18(23)16-12(4)20-19-21(15(22)10-26-19)17(16)13-6-8-14(9-7-13)25-11(2)3/h6-9,11,17H,5,10H2,1-4H3/t17-/m0/s1. The van der Waals surface area contributed by atoms with Crippen molar-refractivity contribution in [1.82, 2.24) is 4.90 Å². The topological polar surface area (TPSA) is 68.2 Å². The van der Waals surface area contributed by atoms with Gasteiger partial charge in [-0.25, -0.2) is 9.79 Å². The lowest BCUT2D eigenvalue weighted by Gasteiger charge is -2.33.